The zero-order valence-electron chi connectivity index (χ0n) is 21.2. The Balaban J connectivity index is 1.54. The molecule has 0 radical (unpaired) electrons. The Morgan fingerprint density at radius 1 is 0.784 bits per heavy atom. The van der Waals surface area contributed by atoms with Gasteiger partial charge in [0.15, 0.2) is 0 Å². The van der Waals surface area contributed by atoms with E-state index in [2.05, 4.69) is 15.8 Å². The van der Waals surface area contributed by atoms with Crippen LogP contribution in [0.5, 0.6) is 5.75 Å². The van der Waals surface area contributed by atoms with Crippen LogP contribution in [0.1, 0.15) is 36.5 Å². The SMILES string of the molecule is COc1ccc2ccccc2c1/C=N/NC(=O)C(NC(=O)C(c1ccccc1)c1ccccc1)C(C)C. The second-order valence-electron chi connectivity index (χ2n) is 9.12. The van der Waals surface area contributed by atoms with Crippen LogP contribution in [-0.2, 0) is 9.59 Å². The number of fused-ring (bicyclic) bond motifs is 1. The van der Waals surface area contributed by atoms with E-state index in [9.17, 15) is 9.59 Å². The molecule has 4 aromatic carbocycles. The topological polar surface area (TPSA) is 79.8 Å². The first-order valence-corrected chi connectivity index (χ1v) is 12.3. The number of methoxy groups -OCH3 is 1. The summed E-state index contributed by atoms with van der Waals surface area (Å²) < 4.78 is 5.50. The van der Waals surface area contributed by atoms with Crippen molar-refractivity contribution in [1.82, 2.24) is 10.7 Å². The molecular formula is C31H31N3O3. The molecule has 2 amide bonds. The van der Waals surface area contributed by atoms with E-state index in [-0.39, 0.29) is 11.8 Å². The van der Waals surface area contributed by atoms with E-state index in [1.165, 1.54) is 0 Å². The molecular weight excluding hydrogens is 462 g/mol. The number of benzene rings is 4. The van der Waals surface area contributed by atoms with E-state index < -0.39 is 17.9 Å². The minimum Gasteiger partial charge on any atom is -0.496 e. The number of hydrogen-bond acceptors (Lipinski definition) is 4. The van der Waals surface area contributed by atoms with Gasteiger partial charge in [-0.3, -0.25) is 9.59 Å². The maximum atomic E-state index is 13.5. The average molecular weight is 494 g/mol. The van der Waals surface area contributed by atoms with Crippen molar-refractivity contribution >= 4 is 28.8 Å². The van der Waals surface area contributed by atoms with Crippen molar-refractivity contribution in [3.05, 3.63) is 114 Å². The number of rotatable bonds is 9. The quantitative estimate of drug-likeness (QED) is 0.246. The van der Waals surface area contributed by atoms with Gasteiger partial charge < -0.3 is 10.1 Å². The predicted octanol–water partition coefficient (Wildman–Crippen LogP) is 5.27. The number of carbonyl (C=O) groups excluding carboxylic acids is 2. The first-order chi connectivity index (χ1) is 18.0. The molecule has 1 unspecified atom stereocenters. The molecule has 0 fully saturated rings. The molecule has 0 aliphatic carbocycles. The number of amides is 2. The lowest BCUT2D eigenvalue weighted by Gasteiger charge is -2.24. The molecule has 0 aliphatic rings. The van der Waals surface area contributed by atoms with Gasteiger partial charge in [0, 0.05) is 5.56 Å². The molecule has 4 rings (SSSR count). The van der Waals surface area contributed by atoms with Gasteiger partial charge in [-0.1, -0.05) is 105 Å². The van der Waals surface area contributed by atoms with Crippen molar-refractivity contribution < 1.29 is 14.3 Å². The molecule has 0 saturated carbocycles. The highest BCUT2D eigenvalue weighted by molar-refractivity contribution is 6.03. The Hall–Kier alpha value is -4.45. The largest absolute Gasteiger partial charge is 0.496 e. The summed E-state index contributed by atoms with van der Waals surface area (Å²) >= 11 is 0. The zero-order chi connectivity index (χ0) is 26.2. The summed E-state index contributed by atoms with van der Waals surface area (Å²) in [5, 5.41) is 9.18. The maximum Gasteiger partial charge on any atom is 0.262 e. The van der Waals surface area contributed by atoms with Gasteiger partial charge in [-0.05, 0) is 33.9 Å². The highest BCUT2D eigenvalue weighted by atomic mass is 16.5. The lowest BCUT2D eigenvalue weighted by atomic mass is 9.89. The molecule has 6 heteroatoms. The molecule has 6 nitrogen and oxygen atoms in total. The fourth-order valence-electron chi connectivity index (χ4n) is 4.37. The van der Waals surface area contributed by atoms with Crippen LogP contribution < -0.4 is 15.5 Å². The third-order valence-corrected chi connectivity index (χ3v) is 6.29. The van der Waals surface area contributed by atoms with Gasteiger partial charge in [0.05, 0.1) is 19.2 Å². The summed E-state index contributed by atoms with van der Waals surface area (Å²) in [4.78, 5) is 26.7. The van der Waals surface area contributed by atoms with Gasteiger partial charge in [-0.2, -0.15) is 5.10 Å². The molecule has 37 heavy (non-hydrogen) atoms. The molecule has 0 spiro atoms. The minimum absolute atomic E-state index is 0.154. The van der Waals surface area contributed by atoms with Gasteiger partial charge in [0.2, 0.25) is 5.91 Å². The summed E-state index contributed by atoms with van der Waals surface area (Å²) in [5.41, 5.74) is 5.09. The third kappa shape index (κ3) is 6.04. The number of nitrogens with zero attached hydrogens (tertiary/aromatic N) is 1. The fourth-order valence-corrected chi connectivity index (χ4v) is 4.37. The first-order valence-electron chi connectivity index (χ1n) is 12.3. The highest BCUT2D eigenvalue weighted by Crippen LogP contribution is 2.27. The number of carbonyl (C=O) groups is 2. The Morgan fingerprint density at radius 3 is 1.97 bits per heavy atom. The monoisotopic (exact) mass is 493 g/mol. The number of ether oxygens (including phenoxy) is 1. The van der Waals surface area contributed by atoms with E-state index in [0.717, 1.165) is 27.5 Å². The van der Waals surface area contributed by atoms with Crippen LogP contribution in [0.25, 0.3) is 10.8 Å². The van der Waals surface area contributed by atoms with E-state index >= 15 is 0 Å². The Kier molecular flexibility index (Phi) is 8.31. The van der Waals surface area contributed by atoms with Crippen molar-refractivity contribution in [2.24, 2.45) is 11.0 Å². The van der Waals surface area contributed by atoms with Crippen molar-refractivity contribution in [2.45, 2.75) is 25.8 Å². The fraction of sp³-hybridized carbons (Fsp3) is 0.194. The lowest BCUT2D eigenvalue weighted by molar-refractivity contribution is -0.130. The first kappa shape index (κ1) is 25.6. The predicted molar refractivity (Wildman–Crippen MR) is 148 cm³/mol. The van der Waals surface area contributed by atoms with Gasteiger partial charge in [0.25, 0.3) is 5.91 Å². The van der Waals surface area contributed by atoms with E-state index in [4.69, 9.17) is 4.74 Å². The molecule has 0 aromatic heterocycles. The standard InChI is InChI=1S/C31H31N3O3/c1-21(2)29(33-30(35)28(23-13-6-4-7-14-23)24-15-8-5-9-16-24)31(36)34-32-20-26-25-17-11-10-12-22(25)18-19-27(26)37-3/h4-21,28-29H,1-3H3,(H,33,35)(H,34,36)/b32-20+. The summed E-state index contributed by atoms with van der Waals surface area (Å²) in [6.45, 7) is 3.78. The van der Waals surface area contributed by atoms with Crippen LogP contribution in [0.15, 0.2) is 102 Å². The normalized spacial score (nSPS) is 12.1. The average Bonchev–Trinajstić information content (AvgIpc) is 2.93. The molecule has 4 aromatic rings. The summed E-state index contributed by atoms with van der Waals surface area (Å²) in [6, 6.07) is 30.1. The summed E-state index contributed by atoms with van der Waals surface area (Å²) in [5.74, 6) is -0.679. The number of hydrazone groups is 1. The van der Waals surface area contributed by atoms with E-state index in [1.807, 2.05) is 111 Å². The number of hydrogen-bond donors (Lipinski definition) is 2. The zero-order valence-corrected chi connectivity index (χ0v) is 21.2. The maximum absolute atomic E-state index is 13.5. The molecule has 188 valence electrons. The van der Waals surface area contributed by atoms with Crippen molar-refractivity contribution in [3.63, 3.8) is 0 Å². The Bertz CT molecular complexity index is 1350. The van der Waals surface area contributed by atoms with Gasteiger partial charge in [-0.15, -0.1) is 0 Å². The third-order valence-electron chi connectivity index (χ3n) is 6.29. The molecule has 0 heterocycles. The Labute approximate surface area is 217 Å². The summed E-state index contributed by atoms with van der Waals surface area (Å²) in [6.07, 6.45) is 1.58. The van der Waals surface area contributed by atoms with Crippen molar-refractivity contribution in [2.75, 3.05) is 7.11 Å². The van der Waals surface area contributed by atoms with Crippen LogP contribution in [0.3, 0.4) is 0 Å². The van der Waals surface area contributed by atoms with Crippen LogP contribution in [-0.4, -0.2) is 31.2 Å². The second kappa shape index (κ2) is 12.0. The van der Waals surface area contributed by atoms with Crippen LogP contribution in [0.4, 0.5) is 0 Å². The molecule has 0 bridgehead atoms. The lowest BCUT2D eigenvalue weighted by Crippen LogP contribution is -2.50. The molecule has 0 saturated heterocycles. The molecule has 1 atom stereocenters. The van der Waals surface area contributed by atoms with Crippen LogP contribution in [0.2, 0.25) is 0 Å². The summed E-state index contributed by atoms with van der Waals surface area (Å²) in [7, 11) is 1.60. The van der Waals surface area contributed by atoms with Gasteiger partial charge in [0.1, 0.15) is 11.8 Å². The van der Waals surface area contributed by atoms with Crippen LogP contribution in [0, 0.1) is 5.92 Å². The second-order valence-corrected chi connectivity index (χ2v) is 9.12. The van der Waals surface area contributed by atoms with Gasteiger partial charge in [-0.25, -0.2) is 5.43 Å². The van der Waals surface area contributed by atoms with Crippen molar-refractivity contribution in [3.8, 4) is 5.75 Å². The Morgan fingerprint density at radius 2 is 1.38 bits per heavy atom. The molecule has 2 N–H and O–H groups in total. The minimum atomic E-state index is -0.769. The number of nitrogens with one attached hydrogen (secondary N) is 2. The van der Waals surface area contributed by atoms with Crippen LogP contribution >= 0.6 is 0 Å². The highest BCUT2D eigenvalue weighted by Gasteiger charge is 2.29. The smallest absolute Gasteiger partial charge is 0.262 e. The van der Waals surface area contributed by atoms with Crippen molar-refractivity contribution in [1.29, 1.82) is 0 Å². The van der Waals surface area contributed by atoms with Gasteiger partial charge >= 0.3 is 0 Å². The van der Waals surface area contributed by atoms with E-state index in [0.29, 0.717) is 5.75 Å². The molecule has 0 aliphatic heterocycles. The van der Waals surface area contributed by atoms with E-state index in [1.54, 1.807) is 13.3 Å².